The van der Waals surface area contributed by atoms with Gasteiger partial charge >= 0.3 is 0 Å². The lowest BCUT2D eigenvalue weighted by molar-refractivity contribution is -0.0780. The van der Waals surface area contributed by atoms with Crippen LogP contribution < -0.4 is 10.6 Å². The summed E-state index contributed by atoms with van der Waals surface area (Å²) in [6.07, 6.45) is 0.984. The van der Waals surface area contributed by atoms with E-state index < -0.39 is 12.0 Å². The molecule has 1 aliphatic rings. The first-order chi connectivity index (χ1) is 15.3. The number of hydrogen-bond acceptors (Lipinski definition) is 7. The van der Waals surface area contributed by atoms with Gasteiger partial charge in [-0.15, -0.1) is 11.3 Å². The third-order valence-corrected chi connectivity index (χ3v) is 6.36. The molecule has 4 rings (SSSR count). The summed E-state index contributed by atoms with van der Waals surface area (Å²) >= 11 is 1.38. The highest BCUT2D eigenvalue weighted by atomic mass is 32.1. The van der Waals surface area contributed by atoms with E-state index in [4.69, 9.17) is 4.84 Å². The van der Waals surface area contributed by atoms with Crippen molar-refractivity contribution >= 4 is 39.2 Å². The molecule has 1 fully saturated rings. The molecule has 9 nitrogen and oxygen atoms in total. The van der Waals surface area contributed by atoms with Crippen molar-refractivity contribution < 1.29 is 19.5 Å². The predicted molar refractivity (Wildman–Crippen MR) is 123 cm³/mol. The quantitative estimate of drug-likeness (QED) is 0.525. The molecule has 1 aliphatic heterocycles. The van der Waals surface area contributed by atoms with Gasteiger partial charge in [-0.1, -0.05) is 0 Å². The molecule has 10 heteroatoms. The van der Waals surface area contributed by atoms with E-state index in [1.165, 1.54) is 18.4 Å². The number of thiophene rings is 1. The molecular weight excluding hydrogens is 430 g/mol. The molecule has 3 aromatic rings. The maximum Gasteiger partial charge on any atom is 0.279 e. The standard InChI is InChI=1S/C22H27N5O4S/c1-12(2)25-21-18(20(29)23-4)17(22(30)27-9-15(28)11-31-27)16(32-21)10-26-13(3)8-14-6-5-7-24-19(14)26/h5-8,12,15,25,28H,9-11H2,1-4H3,(H,23,29)/t15-/m0/s1. The van der Waals surface area contributed by atoms with Gasteiger partial charge in [0.25, 0.3) is 11.8 Å². The molecule has 1 saturated heterocycles. The second kappa shape index (κ2) is 8.89. The van der Waals surface area contributed by atoms with Gasteiger partial charge in [-0.3, -0.25) is 14.4 Å². The number of carbonyl (C=O) groups excluding carboxylic acids is 2. The Balaban J connectivity index is 1.86. The van der Waals surface area contributed by atoms with Gasteiger partial charge in [-0.2, -0.15) is 0 Å². The normalized spacial score (nSPS) is 16.2. The van der Waals surface area contributed by atoms with Crippen LogP contribution in [0, 0.1) is 6.92 Å². The average Bonchev–Trinajstić information content (AvgIpc) is 3.43. The van der Waals surface area contributed by atoms with Gasteiger partial charge in [0.15, 0.2) is 0 Å². The number of fused-ring (bicyclic) bond motifs is 1. The zero-order valence-corrected chi connectivity index (χ0v) is 19.3. The highest BCUT2D eigenvalue weighted by Gasteiger charge is 2.35. The fourth-order valence-corrected chi connectivity index (χ4v) is 5.14. The monoisotopic (exact) mass is 457 g/mol. The van der Waals surface area contributed by atoms with E-state index in [1.54, 1.807) is 6.20 Å². The number of aromatic nitrogens is 2. The van der Waals surface area contributed by atoms with E-state index in [9.17, 15) is 14.7 Å². The van der Waals surface area contributed by atoms with Crippen molar-refractivity contribution in [2.24, 2.45) is 0 Å². The molecule has 0 unspecified atom stereocenters. The number of pyridine rings is 1. The zero-order chi connectivity index (χ0) is 23.0. The highest BCUT2D eigenvalue weighted by Crippen LogP contribution is 2.37. The number of rotatable bonds is 6. The summed E-state index contributed by atoms with van der Waals surface area (Å²) in [5.74, 6) is -0.795. The molecule has 0 aliphatic carbocycles. The van der Waals surface area contributed by atoms with Crippen molar-refractivity contribution in [1.82, 2.24) is 19.9 Å². The van der Waals surface area contributed by atoms with Crippen molar-refractivity contribution in [3.8, 4) is 0 Å². The molecule has 3 N–H and O–H groups in total. The number of β-amino-alcohol motifs (C(OH)–C–C–N with tert-alkyl or cyclic N) is 1. The lowest BCUT2D eigenvalue weighted by Crippen LogP contribution is -2.32. The van der Waals surface area contributed by atoms with E-state index in [0.29, 0.717) is 22.0 Å². The number of aliphatic hydroxyl groups excluding tert-OH is 1. The van der Waals surface area contributed by atoms with Crippen LogP contribution in [0.3, 0.4) is 0 Å². The Labute approximate surface area is 190 Å². The second-order valence-corrected chi connectivity index (χ2v) is 9.19. The summed E-state index contributed by atoms with van der Waals surface area (Å²) in [4.78, 5) is 37.0. The molecule has 0 spiro atoms. The number of aliphatic hydroxyl groups is 1. The Morgan fingerprint density at radius 3 is 2.81 bits per heavy atom. The topological polar surface area (TPSA) is 109 Å². The van der Waals surface area contributed by atoms with Crippen LogP contribution in [0.25, 0.3) is 11.0 Å². The molecule has 0 saturated carbocycles. The van der Waals surface area contributed by atoms with Gasteiger partial charge in [0, 0.05) is 35.2 Å². The van der Waals surface area contributed by atoms with Crippen LogP contribution in [0.5, 0.6) is 0 Å². The van der Waals surface area contributed by atoms with Gasteiger partial charge in [0.05, 0.1) is 24.2 Å². The van der Waals surface area contributed by atoms with E-state index in [2.05, 4.69) is 15.6 Å². The third-order valence-electron chi connectivity index (χ3n) is 5.26. The number of hydroxylamine groups is 2. The molecule has 32 heavy (non-hydrogen) atoms. The molecular formula is C22H27N5O4S. The molecule has 3 aromatic heterocycles. The maximum atomic E-state index is 13.5. The molecule has 1 atom stereocenters. The molecule has 0 aromatic carbocycles. The Morgan fingerprint density at radius 2 is 2.16 bits per heavy atom. The van der Waals surface area contributed by atoms with Gasteiger partial charge in [0.1, 0.15) is 23.4 Å². The van der Waals surface area contributed by atoms with Crippen LogP contribution in [-0.2, 0) is 11.4 Å². The van der Waals surface area contributed by atoms with Crippen molar-refractivity contribution in [2.75, 3.05) is 25.5 Å². The number of hydrogen-bond donors (Lipinski definition) is 3. The molecule has 170 valence electrons. The maximum absolute atomic E-state index is 13.5. The van der Waals surface area contributed by atoms with Crippen LogP contribution >= 0.6 is 11.3 Å². The van der Waals surface area contributed by atoms with Gasteiger partial charge < -0.3 is 20.3 Å². The van der Waals surface area contributed by atoms with E-state index >= 15 is 0 Å². The fourth-order valence-electron chi connectivity index (χ4n) is 3.82. The first-order valence-electron chi connectivity index (χ1n) is 10.5. The minimum Gasteiger partial charge on any atom is -0.389 e. The lowest BCUT2D eigenvalue weighted by Gasteiger charge is -2.16. The minimum atomic E-state index is -0.752. The zero-order valence-electron chi connectivity index (χ0n) is 18.5. The van der Waals surface area contributed by atoms with Gasteiger partial charge in [0.2, 0.25) is 0 Å². The summed E-state index contributed by atoms with van der Waals surface area (Å²) < 4.78 is 2.03. The van der Waals surface area contributed by atoms with Crippen molar-refractivity contribution in [3.05, 3.63) is 46.1 Å². The summed E-state index contributed by atoms with van der Waals surface area (Å²) in [5, 5.41) is 18.6. The van der Waals surface area contributed by atoms with Crippen molar-refractivity contribution in [3.63, 3.8) is 0 Å². The smallest absolute Gasteiger partial charge is 0.279 e. The highest BCUT2D eigenvalue weighted by molar-refractivity contribution is 7.17. The van der Waals surface area contributed by atoms with E-state index in [-0.39, 0.29) is 30.7 Å². The summed E-state index contributed by atoms with van der Waals surface area (Å²) in [6.45, 7) is 6.41. The summed E-state index contributed by atoms with van der Waals surface area (Å²) in [7, 11) is 1.54. The minimum absolute atomic E-state index is 0.0445. The Bertz CT molecular complexity index is 1170. The van der Waals surface area contributed by atoms with Gasteiger partial charge in [-0.05, 0) is 39.0 Å². The largest absolute Gasteiger partial charge is 0.389 e. The summed E-state index contributed by atoms with van der Waals surface area (Å²) in [5.41, 5.74) is 2.38. The van der Waals surface area contributed by atoms with E-state index in [0.717, 1.165) is 21.8 Å². The number of nitrogens with one attached hydrogen (secondary N) is 2. The average molecular weight is 458 g/mol. The van der Waals surface area contributed by atoms with Crippen LogP contribution in [0.1, 0.15) is 45.1 Å². The first-order valence-corrected chi connectivity index (χ1v) is 11.3. The van der Waals surface area contributed by atoms with Crippen molar-refractivity contribution in [2.45, 2.75) is 39.5 Å². The number of anilines is 1. The SMILES string of the molecule is CNC(=O)c1c(NC(C)C)sc(Cn2c(C)cc3cccnc32)c1C(=O)N1C[C@H](O)CO1. The Kier molecular flexibility index (Phi) is 6.18. The van der Waals surface area contributed by atoms with Crippen LogP contribution in [0.2, 0.25) is 0 Å². The number of nitrogens with zero attached hydrogens (tertiary/aromatic N) is 3. The van der Waals surface area contributed by atoms with Crippen molar-refractivity contribution in [1.29, 1.82) is 0 Å². The van der Waals surface area contributed by atoms with Crippen LogP contribution in [-0.4, -0.2) is 63.9 Å². The van der Waals surface area contributed by atoms with Gasteiger partial charge in [-0.25, -0.2) is 10.0 Å². The van der Waals surface area contributed by atoms with Crippen LogP contribution in [0.15, 0.2) is 24.4 Å². The third kappa shape index (κ3) is 4.08. The first kappa shape index (κ1) is 22.3. The van der Waals surface area contributed by atoms with Crippen LogP contribution in [0.4, 0.5) is 5.00 Å². The predicted octanol–water partition coefficient (Wildman–Crippen LogP) is 2.38. The second-order valence-electron chi connectivity index (χ2n) is 8.09. The van der Waals surface area contributed by atoms with E-state index in [1.807, 2.05) is 43.5 Å². The molecule has 0 bridgehead atoms. The Hall–Kier alpha value is -2.95. The molecule has 2 amide bonds. The number of aryl methyl sites for hydroxylation is 1. The fraction of sp³-hybridized carbons (Fsp3) is 0.409. The number of carbonyl (C=O) groups is 2. The number of amides is 2. The Morgan fingerprint density at radius 1 is 1.38 bits per heavy atom. The summed E-state index contributed by atoms with van der Waals surface area (Å²) in [6, 6.07) is 5.99. The lowest BCUT2D eigenvalue weighted by atomic mass is 10.1. The molecule has 0 radical (unpaired) electrons. The molecule has 4 heterocycles.